The van der Waals surface area contributed by atoms with Crippen LogP contribution in [0.4, 0.5) is 4.79 Å². The molecular formula is C17H35IN4O2. The number of hydrogen-bond acceptors (Lipinski definition) is 3. The molecule has 1 atom stereocenters. The van der Waals surface area contributed by atoms with E-state index in [9.17, 15) is 4.79 Å². The highest BCUT2D eigenvalue weighted by Crippen LogP contribution is 2.18. The van der Waals surface area contributed by atoms with Crippen molar-refractivity contribution in [3.8, 4) is 0 Å². The number of likely N-dealkylation sites (tertiary alicyclic amines) is 1. The van der Waals surface area contributed by atoms with Gasteiger partial charge in [0.25, 0.3) is 0 Å². The smallest absolute Gasteiger partial charge is 0.410 e. The van der Waals surface area contributed by atoms with Gasteiger partial charge in [-0.05, 0) is 46.0 Å². The van der Waals surface area contributed by atoms with E-state index in [0.717, 1.165) is 57.8 Å². The number of carbonyl (C=O) groups excluding carboxylic acids is 1. The SMILES string of the molecule is CCCCNC(=NC)NCC1CCCN(C(=O)OC(C)(C)C)C1.I. The van der Waals surface area contributed by atoms with E-state index in [1.165, 1.54) is 0 Å². The maximum atomic E-state index is 12.2. The van der Waals surface area contributed by atoms with E-state index in [4.69, 9.17) is 4.74 Å². The van der Waals surface area contributed by atoms with Crippen LogP contribution in [-0.2, 0) is 4.74 Å². The number of ether oxygens (including phenoxy) is 1. The lowest BCUT2D eigenvalue weighted by Crippen LogP contribution is -2.47. The highest BCUT2D eigenvalue weighted by atomic mass is 127. The minimum atomic E-state index is -0.437. The van der Waals surface area contributed by atoms with Gasteiger partial charge in [0.2, 0.25) is 0 Å². The van der Waals surface area contributed by atoms with Crippen LogP contribution in [0.25, 0.3) is 0 Å². The van der Waals surface area contributed by atoms with Crippen molar-refractivity contribution in [1.82, 2.24) is 15.5 Å². The van der Waals surface area contributed by atoms with Gasteiger partial charge in [-0.2, -0.15) is 0 Å². The van der Waals surface area contributed by atoms with Gasteiger partial charge in [0.15, 0.2) is 5.96 Å². The zero-order valence-electron chi connectivity index (χ0n) is 15.9. The molecule has 0 aromatic rings. The highest BCUT2D eigenvalue weighted by molar-refractivity contribution is 14.0. The lowest BCUT2D eigenvalue weighted by atomic mass is 9.98. The van der Waals surface area contributed by atoms with Gasteiger partial charge in [-0.15, -0.1) is 24.0 Å². The van der Waals surface area contributed by atoms with Gasteiger partial charge in [-0.3, -0.25) is 4.99 Å². The first kappa shape index (κ1) is 23.3. The second-order valence-corrected chi connectivity index (χ2v) is 7.17. The first-order chi connectivity index (χ1) is 10.9. The molecule has 1 saturated heterocycles. The van der Waals surface area contributed by atoms with Crippen LogP contribution in [-0.4, -0.2) is 55.8 Å². The van der Waals surface area contributed by atoms with Gasteiger partial charge in [0.05, 0.1) is 0 Å². The van der Waals surface area contributed by atoms with E-state index in [0.29, 0.717) is 5.92 Å². The Hall–Kier alpha value is -0.730. The topological polar surface area (TPSA) is 66.0 Å². The summed E-state index contributed by atoms with van der Waals surface area (Å²) in [5.74, 6) is 1.27. The molecule has 0 bridgehead atoms. The molecule has 1 amide bonds. The number of unbranched alkanes of at least 4 members (excludes halogenated alkanes) is 1. The quantitative estimate of drug-likeness (QED) is 0.290. The summed E-state index contributed by atoms with van der Waals surface area (Å²) in [6.07, 6.45) is 4.24. The van der Waals surface area contributed by atoms with Crippen molar-refractivity contribution >= 4 is 36.0 Å². The first-order valence-electron chi connectivity index (χ1n) is 8.78. The number of aliphatic imine (C=N–C) groups is 1. The third-order valence-electron chi connectivity index (χ3n) is 3.78. The normalized spacial score (nSPS) is 18.6. The molecule has 1 aliphatic heterocycles. The molecule has 1 aliphatic rings. The molecule has 0 aromatic heterocycles. The third-order valence-corrected chi connectivity index (χ3v) is 3.78. The van der Waals surface area contributed by atoms with Crippen molar-refractivity contribution < 1.29 is 9.53 Å². The predicted molar refractivity (Wildman–Crippen MR) is 110 cm³/mol. The van der Waals surface area contributed by atoms with Gasteiger partial charge in [0, 0.05) is 33.2 Å². The van der Waals surface area contributed by atoms with Gasteiger partial charge < -0.3 is 20.3 Å². The summed E-state index contributed by atoms with van der Waals surface area (Å²) in [7, 11) is 1.79. The van der Waals surface area contributed by atoms with Crippen molar-refractivity contribution in [1.29, 1.82) is 0 Å². The fraction of sp³-hybridized carbons (Fsp3) is 0.882. The van der Waals surface area contributed by atoms with Crippen LogP contribution in [0.3, 0.4) is 0 Å². The molecule has 0 saturated carbocycles. The number of carbonyl (C=O) groups is 1. The molecule has 0 spiro atoms. The van der Waals surface area contributed by atoms with Crippen molar-refractivity contribution in [3.05, 3.63) is 0 Å². The van der Waals surface area contributed by atoms with Gasteiger partial charge in [-0.1, -0.05) is 13.3 Å². The number of piperidine rings is 1. The number of nitrogens with zero attached hydrogens (tertiary/aromatic N) is 2. The summed E-state index contributed by atoms with van der Waals surface area (Å²) in [6, 6.07) is 0. The van der Waals surface area contributed by atoms with Crippen molar-refractivity contribution in [2.75, 3.05) is 33.2 Å². The standard InChI is InChI=1S/C17H34N4O2.HI/c1-6-7-10-19-15(18-5)20-12-14-9-8-11-21(13-14)16(22)23-17(2,3)4;/h14H,6-13H2,1-5H3,(H2,18,19,20);1H. The average molecular weight is 454 g/mol. The van der Waals surface area contributed by atoms with Crippen molar-refractivity contribution in [2.45, 2.75) is 59.0 Å². The number of nitrogens with one attached hydrogen (secondary N) is 2. The Labute approximate surface area is 164 Å². The first-order valence-corrected chi connectivity index (χ1v) is 8.78. The Morgan fingerprint density at radius 3 is 2.62 bits per heavy atom. The monoisotopic (exact) mass is 454 g/mol. The lowest BCUT2D eigenvalue weighted by Gasteiger charge is -2.34. The second-order valence-electron chi connectivity index (χ2n) is 7.17. The Kier molecular flexibility index (Phi) is 11.4. The van der Waals surface area contributed by atoms with Gasteiger partial charge in [-0.25, -0.2) is 4.79 Å². The zero-order chi connectivity index (χ0) is 17.3. The van der Waals surface area contributed by atoms with E-state index < -0.39 is 5.60 Å². The van der Waals surface area contributed by atoms with Crippen LogP contribution in [0.15, 0.2) is 4.99 Å². The average Bonchev–Trinajstić information content (AvgIpc) is 2.49. The van der Waals surface area contributed by atoms with Crippen LogP contribution in [0.5, 0.6) is 0 Å². The molecule has 24 heavy (non-hydrogen) atoms. The molecule has 142 valence electrons. The van der Waals surface area contributed by atoms with Crippen LogP contribution in [0.2, 0.25) is 0 Å². The van der Waals surface area contributed by atoms with Gasteiger partial charge >= 0.3 is 6.09 Å². The molecular weight excluding hydrogens is 419 g/mol. The summed E-state index contributed by atoms with van der Waals surface area (Å²) < 4.78 is 5.47. The maximum absolute atomic E-state index is 12.2. The van der Waals surface area contributed by atoms with E-state index in [1.807, 2.05) is 25.7 Å². The molecule has 0 aliphatic carbocycles. The van der Waals surface area contributed by atoms with Crippen molar-refractivity contribution in [2.24, 2.45) is 10.9 Å². The van der Waals surface area contributed by atoms with Crippen LogP contribution >= 0.6 is 24.0 Å². The minimum Gasteiger partial charge on any atom is -0.444 e. The van der Waals surface area contributed by atoms with E-state index in [2.05, 4.69) is 22.5 Å². The molecule has 2 N–H and O–H groups in total. The molecule has 7 heteroatoms. The summed E-state index contributed by atoms with van der Waals surface area (Å²) in [4.78, 5) is 18.2. The molecule has 0 aromatic carbocycles. The van der Waals surface area contributed by atoms with E-state index >= 15 is 0 Å². The molecule has 1 fully saturated rings. The maximum Gasteiger partial charge on any atom is 0.410 e. The Bertz CT molecular complexity index is 397. The molecule has 1 heterocycles. The minimum absolute atomic E-state index is 0. The number of rotatable bonds is 5. The highest BCUT2D eigenvalue weighted by Gasteiger charge is 2.27. The fourth-order valence-corrected chi connectivity index (χ4v) is 2.57. The van der Waals surface area contributed by atoms with Crippen LogP contribution in [0.1, 0.15) is 53.4 Å². The fourth-order valence-electron chi connectivity index (χ4n) is 2.57. The molecule has 1 rings (SSSR count). The molecule has 1 unspecified atom stereocenters. The molecule has 0 radical (unpaired) electrons. The lowest BCUT2D eigenvalue weighted by molar-refractivity contribution is 0.0168. The van der Waals surface area contributed by atoms with Crippen molar-refractivity contribution in [3.63, 3.8) is 0 Å². The van der Waals surface area contributed by atoms with Gasteiger partial charge in [0.1, 0.15) is 5.60 Å². The number of guanidine groups is 1. The summed E-state index contributed by atoms with van der Waals surface area (Å²) >= 11 is 0. The summed E-state index contributed by atoms with van der Waals surface area (Å²) in [5.41, 5.74) is -0.437. The third kappa shape index (κ3) is 9.54. The zero-order valence-corrected chi connectivity index (χ0v) is 18.2. The Balaban J connectivity index is 0.00000529. The molecule has 6 nitrogen and oxygen atoms in total. The van der Waals surface area contributed by atoms with E-state index in [-0.39, 0.29) is 30.1 Å². The predicted octanol–water partition coefficient (Wildman–Crippen LogP) is 3.22. The summed E-state index contributed by atoms with van der Waals surface area (Å²) in [5, 5.41) is 6.67. The number of halogens is 1. The number of amides is 1. The Morgan fingerprint density at radius 1 is 1.33 bits per heavy atom. The second kappa shape index (κ2) is 11.8. The van der Waals surface area contributed by atoms with E-state index in [1.54, 1.807) is 7.05 Å². The van der Waals surface area contributed by atoms with Crippen LogP contribution < -0.4 is 10.6 Å². The largest absolute Gasteiger partial charge is 0.444 e. The Morgan fingerprint density at radius 2 is 2.04 bits per heavy atom. The summed E-state index contributed by atoms with van der Waals surface area (Å²) in [6.45, 7) is 11.2. The number of hydrogen-bond donors (Lipinski definition) is 2. The van der Waals surface area contributed by atoms with Crippen LogP contribution in [0, 0.1) is 5.92 Å².